The molecule has 1 amide bonds. The highest BCUT2D eigenvalue weighted by Gasteiger charge is 2.34. The molecule has 0 radical (unpaired) electrons. The first-order valence-electron chi connectivity index (χ1n) is 10.8. The highest BCUT2D eigenvalue weighted by Crippen LogP contribution is 2.40. The molecule has 5 rings (SSSR count). The number of H-pyrrole nitrogens is 1. The molecule has 1 fully saturated rings. The molecule has 2 aliphatic rings. The average molecular weight is 455 g/mol. The number of fused-ring (bicyclic) bond motifs is 2. The van der Waals surface area contributed by atoms with Crippen molar-refractivity contribution in [1.82, 2.24) is 19.2 Å². The number of amides is 1. The third-order valence-electron chi connectivity index (χ3n) is 6.73. The van der Waals surface area contributed by atoms with Crippen LogP contribution in [0.3, 0.4) is 0 Å². The van der Waals surface area contributed by atoms with E-state index in [9.17, 15) is 18.3 Å². The van der Waals surface area contributed by atoms with Crippen LogP contribution in [0.25, 0.3) is 22.2 Å². The zero-order valence-electron chi connectivity index (χ0n) is 18.1. The fourth-order valence-corrected chi connectivity index (χ4v) is 5.86. The molecular formula is C23H26N4O4S. The number of pyridine rings is 1. The van der Waals surface area contributed by atoms with E-state index >= 15 is 0 Å². The summed E-state index contributed by atoms with van der Waals surface area (Å²) in [5, 5.41) is 10.8. The van der Waals surface area contributed by atoms with Crippen molar-refractivity contribution in [2.75, 3.05) is 19.3 Å². The number of carboxylic acid groups (broad SMARTS) is 1. The number of nitrogens with one attached hydrogen (secondary N) is 1. The third-order valence-corrected chi connectivity index (χ3v) is 7.98. The number of nitrogens with zero attached hydrogens (tertiary/aromatic N) is 3. The summed E-state index contributed by atoms with van der Waals surface area (Å²) in [6, 6.07) is 6.00. The Morgan fingerprint density at radius 3 is 2.78 bits per heavy atom. The van der Waals surface area contributed by atoms with Crippen LogP contribution in [0.2, 0.25) is 0 Å². The second-order valence-corrected chi connectivity index (χ2v) is 10.8. The van der Waals surface area contributed by atoms with Crippen LogP contribution in [-0.2, 0) is 23.0 Å². The van der Waals surface area contributed by atoms with Gasteiger partial charge in [-0.25, -0.2) is 18.2 Å². The van der Waals surface area contributed by atoms with Gasteiger partial charge < -0.3 is 15.0 Å². The summed E-state index contributed by atoms with van der Waals surface area (Å²) in [5.41, 5.74) is 6.80. The van der Waals surface area contributed by atoms with E-state index in [1.165, 1.54) is 15.5 Å². The SMILES string of the molecule is Cc1c[nH]c2ncc(-c3cc4c(c([C@@H]5CCCN5C(=O)O)c3)CCN(S(C)(=O)=O)C4)cc12. The van der Waals surface area contributed by atoms with Crippen molar-refractivity contribution in [1.29, 1.82) is 0 Å². The minimum atomic E-state index is -3.32. The molecule has 0 spiro atoms. The van der Waals surface area contributed by atoms with Crippen LogP contribution >= 0.6 is 0 Å². The molecular weight excluding hydrogens is 428 g/mol. The van der Waals surface area contributed by atoms with Crippen LogP contribution in [0.15, 0.2) is 30.6 Å². The first-order chi connectivity index (χ1) is 15.2. The van der Waals surface area contributed by atoms with Gasteiger partial charge >= 0.3 is 6.09 Å². The van der Waals surface area contributed by atoms with Crippen molar-refractivity contribution in [3.8, 4) is 11.1 Å². The van der Waals surface area contributed by atoms with E-state index in [0.717, 1.165) is 57.3 Å². The molecule has 168 valence electrons. The maximum Gasteiger partial charge on any atom is 0.407 e. The van der Waals surface area contributed by atoms with Crippen molar-refractivity contribution in [3.05, 3.63) is 52.8 Å². The fraction of sp³-hybridized carbons (Fsp3) is 0.391. The van der Waals surface area contributed by atoms with E-state index in [0.29, 0.717) is 26.1 Å². The normalized spacial score (nSPS) is 19.4. The lowest BCUT2D eigenvalue weighted by atomic mass is 9.87. The second kappa shape index (κ2) is 7.60. The zero-order chi connectivity index (χ0) is 22.6. The van der Waals surface area contributed by atoms with Gasteiger partial charge in [-0.15, -0.1) is 0 Å². The number of sulfonamides is 1. The Labute approximate surface area is 186 Å². The van der Waals surface area contributed by atoms with E-state index in [4.69, 9.17) is 0 Å². The van der Waals surface area contributed by atoms with Gasteiger partial charge in [0.15, 0.2) is 0 Å². The summed E-state index contributed by atoms with van der Waals surface area (Å²) in [4.78, 5) is 21.1. The summed E-state index contributed by atoms with van der Waals surface area (Å²) < 4.78 is 25.9. The van der Waals surface area contributed by atoms with E-state index in [1.54, 1.807) is 0 Å². The van der Waals surface area contributed by atoms with Gasteiger partial charge in [-0.05, 0) is 72.2 Å². The molecule has 0 saturated carbocycles. The second-order valence-electron chi connectivity index (χ2n) is 8.78. The molecule has 1 aromatic carbocycles. The molecule has 0 aliphatic carbocycles. The van der Waals surface area contributed by atoms with E-state index in [-0.39, 0.29) is 6.04 Å². The molecule has 0 unspecified atom stereocenters. The quantitative estimate of drug-likeness (QED) is 0.628. The van der Waals surface area contributed by atoms with Crippen molar-refractivity contribution in [2.45, 2.75) is 38.8 Å². The number of likely N-dealkylation sites (tertiary alicyclic amines) is 1. The van der Waals surface area contributed by atoms with Crippen molar-refractivity contribution >= 4 is 27.1 Å². The first-order valence-corrected chi connectivity index (χ1v) is 12.6. The molecule has 0 bridgehead atoms. The molecule has 2 aliphatic heterocycles. The minimum absolute atomic E-state index is 0.211. The van der Waals surface area contributed by atoms with Gasteiger partial charge in [-0.3, -0.25) is 0 Å². The van der Waals surface area contributed by atoms with E-state index < -0.39 is 16.1 Å². The lowest BCUT2D eigenvalue weighted by molar-refractivity contribution is 0.140. The Balaban J connectivity index is 1.67. The Morgan fingerprint density at radius 2 is 2.03 bits per heavy atom. The highest BCUT2D eigenvalue weighted by molar-refractivity contribution is 7.88. The Bertz CT molecular complexity index is 1330. The van der Waals surface area contributed by atoms with Gasteiger partial charge in [0.25, 0.3) is 0 Å². The molecule has 8 nitrogen and oxygen atoms in total. The minimum Gasteiger partial charge on any atom is -0.465 e. The Kier molecular flexibility index (Phi) is 4.98. The largest absolute Gasteiger partial charge is 0.465 e. The summed E-state index contributed by atoms with van der Waals surface area (Å²) >= 11 is 0. The van der Waals surface area contributed by atoms with Gasteiger partial charge in [-0.2, -0.15) is 4.31 Å². The predicted octanol–water partition coefficient (Wildman–Crippen LogP) is 3.67. The molecule has 4 heterocycles. The van der Waals surface area contributed by atoms with Gasteiger partial charge in [0.2, 0.25) is 10.0 Å². The molecule has 9 heteroatoms. The molecule has 3 aromatic rings. The molecule has 2 aromatic heterocycles. The zero-order valence-corrected chi connectivity index (χ0v) is 18.9. The monoisotopic (exact) mass is 454 g/mol. The molecule has 1 saturated heterocycles. The Hall–Kier alpha value is -2.91. The van der Waals surface area contributed by atoms with Gasteiger partial charge in [0, 0.05) is 43.0 Å². The van der Waals surface area contributed by atoms with Crippen LogP contribution in [0.5, 0.6) is 0 Å². The maximum absolute atomic E-state index is 12.2. The number of rotatable bonds is 3. The number of aromatic nitrogens is 2. The summed E-state index contributed by atoms with van der Waals surface area (Å²) in [5.74, 6) is 0. The molecule has 32 heavy (non-hydrogen) atoms. The van der Waals surface area contributed by atoms with E-state index in [2.05, 4.69) is 22.1 Å². The van der Waals surface area contributed by atoms with Crippen LogP contribution < -0.4 is 0 Å². The summed E-state index contributed by atoms with van der Waals surface area (Å²) in [6.45, 7) is 3.25. The number of aryl methyl sites for hydroxylation is 1. The first kappa shape index (κ1) is 21.0. The van der Waals surface area contributed by atoms with Crippen LogP contribution in [0, 0.1) is 6.92 Å². The van der Waals surface area contributed by atoms with Crippen molar-refractivity contribution < 1.29 is 18.3 Å². The number of hydrogen-bond donors (Lipinski definition) is 2. The average Bonchev–Trinajstić information content (AvgIpc) is 3.39. The van der Waals surface area contributed by atoms with Crippen molar-refractivity contribution in [2.24, 2.45) is 0 Å². The maximum atomic E-state index is 12.2. The number of carbonyl (C=O) groups is 1. The molecule has 2 N–H and O–H groups in total. The van der Waals surface area contributed by atoms with Crippen molar-refractivity contribution in [3.63, 3.8) is 0 Å². The highest BCUT2D eigenvalue weighted by atomic mass is 32.2. The van der Waals surface area contributed by atoms with Gasteiger partial charge in [-0.1, -0.05) is 0 Å². The number of benzene rings is 1. The Morgan fingerprint density at radius 1 is 1.22 bits per heavy atom. The lowest BCUT2D eigenvalue weighted by Crippen LogP contribution is -2.36. The summed E-state index contributed by atoms with van der Waals surface area (Å²) in [6.07, 6.45) is 6.23. The molecule has 1 atom stereocenters. The van der Waals surface area contributed by atoms with Gasteiger partial charge in [0.05, 0.1) is 12.3 Å². The van der Waals surface area contributed by atoms with Crippen LogP contribution in [0.1, 0.15) is 41.1 Å². The predicted molar refractivity (Wildman–Crippen MR) is 122 cm³/mol. The van der Waals surface area contributed by atoms with Crippen LogP contribution in [-0.4, -0.2) is 58.1 Å². The third kappa shape index (κ3) is 3.55. The standard InChI is InChI=1S/C23H26N4O4S/c1-14-11-24-22-19(14)10-16(12-25-22)15-8-17-13-26(32(2,30)31)7-5-18(17)20(9-15)21-4-3-6-27(21)23(28)29/h8-12,21H,3-7,13H2,1-2H3,(H,24,25)(H,28,29)/t21-/m0/s1. The smallest absolute Gasteiger partial charge is 0.407 e. The topological polar surface area (TPSA) is 107 Å². The number of aromatic amines is 1. The van der Waals surface area contributed by atoms with Crippen LogP contribution in [0.4, 0.5) is 4.79 Å². The van der Waals surface area contributed by atoms with Gasteiger partial charge in [0.1, 0.15) is 5.65 Å². The fourth-order valence-electron chi connectivity index (χ4n) is 5.07. The summed E-state index contributed by atoms with van der Waals surface area (Å²) in [7, 11) is -3.32. The lowest BCUT2D eigenvalue weighted by Gasteiger charge is -2.32. The number of hydrogen-bond acceptors (Lipinski definition) is 4. The van der Waals surface area contributed by atoms with E-state index in [1.807, 2.05) is 25.4 Å².